The van der Waals surface area contributed by atoms with Crippen LogP contribution in [0, 0.1) is 19.7 Å². The van der Waals surface area contributed by atoms with Crippen LogP contribution in [-0.4, -0.2) is 22.1 Å². The number of rotatable bonds is 6. The molecule has 128 valence electrons. The first kappa shape index (κ1) is 17.7. The number of hydrogen-bond donors (Lipinski definition) is 2. The van der Waals surface area contributed by atoms with E-state index in [9.17, 15) is 14.0 Å². The number of carboxylic acids is 1. The van der Waals surface area contributed by atoms with Gasteiger partial charge >= 0.3 is 5.97 Å². The van der Waals surface area contributed by atoms with Crippen LogP contribution in [0.1, 0.15) is 41.8 Å². The third-order valence-electron chi connectivity index (χ3n) is 3.75. The first-order valence-electron chi connectivity index (χ1n) is 7.50. The Bertz CT molecular complexity index is 750. The number of hydrogen-bond acceptors (Lipinski definition) is 4. The van der Waals surface area contributed by atoms with Crippen LogP contribution in [0.3, 0.4) is 0 Å². The number of aliphatic carboxylic acids is 1. The van der Waals surface area contributed by atoms with Crippen LogP contribution >= 0.6 is 0 Å². The van der Waals surface area contributed by atoms with Crippen LogP contribution in [0.2, 0.25) is 0 Å². The van der Waals surface area contributed by atoms with Crippen LogP contribution in [0.15, 0.2) is 22.7 Å². The average molecular weight is 334 g/mol. The lowest BCUT2D eigenvalue weighted by atomic mass is 9.96. The van der Waals surface area contributed by atoms with E-state index < -0.39 is 18.2 Å². The molecule has 24 heavy (non-hydrogen) atoms. The molecule has 0 fully saturated rings. The number of carbonyl (C=O) groups is 2. The molecule has 0 spiro atoms. The number of halogens is 1. The van der Waals surface area contributed by atoms with Crippen molar-refractivity contribution in [2.24, 2.45) is 0 Å². The Labute approximate surface area is 138 Å². The van der Waals surface area contributed by atoms with Crippen molar-refractivity contribution in [1.82, 2.24) is 5.16 Å². The highest BCUT2D eigenvalue weighted by Crippen LogP contribution is 2.26. The summed E-state index contributed by atoms with van der Waals surface area (Å²) in [4.78, 5) is 22.8. The molecule has 0 unspecified atom stereocenters. The summed E-state index contributed by atoms with van der Waals surface area (Å²) in [6.45, 7) is 5.50. The minimum Gasteiger partial charge on any atom is -0.481 e. The van der Waals surface area contributed by atoms with E-state index in [4.69, 9.17) is 9.63 Å². The van der Waals surface area contributed by atoms with E-state index in [-0.39, 0.29) is 29.5 Å². The molecule has 0 aliphatic carbocycles. The van der Waals surface area contributed by atoms with Gasteiger partial charge < -0.3 is 14.9 Å². The maximum absolute atomic E-state index is 13.8. The quantitative estimate of drug-likeness (QED) is 0.846. The zero-order chi connectivity index (χ0) is 17.9. The molecule has 1 amide bonds. The minimum absolute atomic E-state index is 0.0737. The van der Waals surface area contributed by atoms with Gasteiger partial charge in [0.2, 0.25) is 5.91 Å². The molecule has 0 saturated carbocycles. The van der Waals surface area contributed by atoms with Crippen molar-refractivity contribution in [2.45, 2.75) is 39.5 Å². The van der Waals surface area contributed by atoms with Crippen molar-refractivity contribution in [1.29, 1.82) is 0 Å². The summed E-state index contributed by atoms with van der Waals surface area (Å²) in [5.41, 5.74) is 2.01. The van der Waals surface area contributed by atoms with Crippen molar-refractivity contribution in [2.75, 3.05) is 5.32 Å². The standard InChI is InChI=1S/C17H19FN2O4/c1-9(17-10(2)20-24-11(17)3)6-15(21)19-13-5-4-12(7-16(22)23)14(18)8-13/h4-5,8-9H,6-7H2,1-3H3,(H,19,21)(H,22,23)/t9-/m0/s1. The maximum atomic E-state index is 13.8. The predicted octanol–water partition coefficient (Wildman–Crippen LogP) is 3.19. The molecule has 1 aromatic heterocycles. The maximum Gasteiger partial charge on any atom is 0.307 e. The first-order chi connectivity index (χ1) is 11.3. The van der Waals surface area contributed by atoms with Crippen LogP contribution < -0.4 is 5.32 Å². The summed E-state index contributed by atoms with van der Waals surface area (Å²) >= 11 is 0. The molecular formula is C17H19FN2O4. The molecule has 6 nitrogen and oxygen atoms in total. The van der Waals surface area contributed by atoms with Gasteiger partial charge in [-0.3, -0.25) is 9.59 Å². The Kier molecular flexibility index (Phi) is 5.33. The molecule has 2 aromatic rings. The molecule has 1 heterocycles. The summed E-state index contributed by atoms with van der Waals surface area (Å²) < 4.78 is 18.9. The van der Waals surface area contributed by atoms with E-state index >= 15 is 0 Å². The van der Waals surface area contributed by atoms with Gasteiger partial charge in [0.15, 0.2) is 0 Å². The predicted molar refractivity (Wildman–Crippen MR) is 85.4 cm³/mol. The lowest BCUT2D eigenvalue weighted by Crippen LogP contribution is -2.15. The Hall–Kier alpha value is -2.70. The zero-order valence-corrected chi connectivity index (χ0v) is 13.7. The number of carbonyl (C=O) groups excluding carboxylic acids is 1. The molecule has 1 atom stereocenters. The van der Waals surface area contributed by atoms with Crippen molar-refractivity contribution < 1.29 is 23.6 Å². The van der Waals surface area contributed by atoms with E-state index in [1.165, 1.54) is 12.1 Å². The van der Waals surface area contributed by atoms with Crippen LogP contribution in [0.25, 0.3) is 0 Å². The molecule has 0 aliphatic rings. The molecule has 2 rings (SSSR count). The Balaban J connectivity index is 2.02. The minimum atomic E-state index is -1.11. The first-order valence-corrected chi connectivity index (χ1v) is 7.50. The van der Waals surface area contributed by atoms with Crippen molar-refractivity contribution in [3.63, 3.8) is 0 Å². The number of benzene rings is 1. The highest BCUT2D eigenvalue weighted by Gasteiger charge is 2.19. The topological polar surface area (TPSA) is 92.4 Å². The van der Waals surface area contributed by atoms with Gasteiger partial charge in [-0.05, 0) is 37.5 Å². The van der Waals surface area contributed by atoms with Crippen LogP contribution in [0.4, 0.5) is 10.1 Å². The van der Waals surface area contributed by atoms with Gasteiger partial charge in [0.1, 0.15) is 11.6 Å². The van der Waals surface area contributed by atoms with E-state index in [0.29, 0.717) is 5.76 Å². The fourth-order valence-electron chi connectivity index (χ4n) is 2.72. The van der Waals surface area contributed by atoms with Gasteiger partial charge in [-0.25, -0.2) is 4.39 Å². The third kappa shape index (κ3) is 4.18. The fraction of sp³-hybridized carbons (Fsp3) is 0.353. The highest BCUT2D eigenvalue weighted by molar-refractivity contribution is 5.91. The average Bonchev–Trinajstić information content (AvgIpc) is 2.80. The number of aryl methyl sites for hydroxylation is 2. The SMILES string of the molecule is Cc1noc(C)c1[C@@H](C)CC(=O)Nc1ccc(CC(=O)O)c(F)c1. The number of nitrogens with zero attached hydrogens (tertiary/aromatic N) is 1. The van der Waals surface area contributed by atoms with E-state index in [0.717, 1.165) is 17.3 Å². The summed E-state index contributed by atoms with van der Waals surface area (Å²) in [7, 11) is 0. The molecule has 0 saturated heterocycles. The Morgan fingerprint density at radius 1 is 1.38 bits per heavy atom. The van der Waals surface area contributed by atoms with Gasteiger partial charge in [-0.1, -0.05) is 18.1 Å². The van der Waals surface area contributed by atoms with Gasteiger partial charge in [0, 0.05) is 17.7 Å². The molecule has 0 bridgehead atoms. The molecule has 2 N–H and O–H groups in total. The lowest BCUT2D eigenvalue weighted by molar-refractivity contribution is -0.136. The summed E-state index contributed by atoms with van der Waals surface area (Å²) in [5.74, 6) is -1.45. The number of nitrogens with one attached hydrogen (secondary N) is 1. The second-order valence-corrected chi connectivity index (χ2v) is 5.77. The molecule has 0 radical (unpaired) electrons. The van der Waals surface area contributed by atoms with Crippen molar-refractivity contribution >= 4 is 17.6 Å². The lowest BCUT2D eigenvalue weighted by Gasteiger charge is -2.12. The molecular weight excluding hydrogens is 315 g/mol. The van der Waals surface area contributed by atoms with Gasteiger partial charge in [-0.2, -0.15) is 0 Å². The molecule has 1 aromatic carbocycles. The van der Waals surface area contributed by atoms with Crippen LogP contribution in [-0.2, 0) is 16.0 Å². The number of aromatic nitrogens is 1. The van der Waals surface area contributed by atoms with Crippen molar-refractivity contribution in [3.05, 3.63) is 46.6 Å². The Morgan fingerprint density at radius 3 is 2.62 bits per heavy atom. The number of amides is 1. The van der Waals surface area contributed by atoms with E-state index in [1.807, 2.05) is 13.8 Å². The third-order valence-corrected chi connectivity index (χ3v) is 3.75. The number of carboxylic acid groups (broad SMARTS) is 1. The van der Waals surface area contributed by atoms with Gasteiger partial charge in [-0.15, -0.1) is 0 Å². The van der Waals surface area contributed by atoms with Crippen molar-refractivity contribution in [3.8, 4) is 0 Å². The summed E-state index contributed by atoms with van der Waals surface area (Å²) in [5, 5.41) is 15.2. The Morgan fingerprint density at radius 2 is 2.08 bits per heavy atom. The largest absolute Gasteiger partial charge is 0.481 e. The van der Waals surface area contributed by atoms with Gasteiger partial charge in [0.05, 0.1) is 12.1 Å². The second kappa shape index (κ2) is 7.25. The summed E-state index contributed by atoms with van der Waals surface area (Å²) in [6.07, 6.45) is -0.204. The molecule has 0 aliphatic heterocycles. The second-order valence-electron chi connectivity index (χ2n) is 5.77. The number of anilines is 1. The molecule has 7 heteroatoms. The van der Waals surface area contributed by atoms with Crippen LogP contribution in [0.5, 0.6) is 0 Å². The van der Waals surface area contributed by atoms with Gasteiger partial charge in [0.25, 0.3) is 0 Å². The van der Waals surface area contributed by atoms with E-state index in [1.54, 1.807) is 6.92 Å². The monoisotopic (exact) mass is 334 g/mol. The highest BCUT2D eigenvalue weighted by atomic mass is 19.1. The van der Waals surface area contributed by atoms with E-state index in [2.05, 4.69) is 10.5 Å². The normalized spacial score (nSPS) is 12.0. The smallest absolute Gasteiger partial charge is 0.307 e. The zero-order valence-electron chi connectivity index (χ0n) is 13.7. The summed E-state index contributed by atoms with van der Waals surface area (Å²) in [6, 6.07) is 3.97. The fourth-order valence-corrected chi connectivity index (χ4v) is 2.72.